The molecule has 1 heterocycles. The highest BCUT2D eigenvalue weighted by atomic mass is 79.9. The van der Waals surface area contributed by atoms with Crippen molar-refractivity contribution in [2.75, 3.05) is 0 Å². The Morgan fingerprint density at radius 1 is 1.00 bits per heavy atom. The molecule has 2 aromatic rings. The lowest BCUT2D eigenvalue weighted by molar-refractivity contribution is 0.439. The van der Waals surface area contributed by atoms with Gasteiger partial charge in [-0.1, -0.05) is 47.3 Å². The lowest BCUT2D eigenvalue weighted by Crippen LogP contribution is -2.02. The molecule has 1 aliphatic carbocycles. The maximum Gasteiger partial charge on any atom is 0.134 e. The van der Waals surface area contributed by atoms with E-state index in [1.165, 1.54) is 37.7 Å². The second-order valence-electron chi connectivity index (χ2n) is 5.09. The van der Waals surface area contributed by atoms with Crippen LogP contribution in [-0.4, -0.2) is 0 Å². The Bertz CT molecular complexity index is 506. The summed E-state index contributed by atoms with van der Waals surface area (Å²) >= 11 is 3.46. The monoisotopic (exact) mass is 304 g/mol. The van der Waals surface area contributed by atoms with Crippen LogP contribution in [0.25, 0.3) is 11.3 Å². The van der Waals surface area contributed by atoms with Crippen LogP contribution < -0.4 is 0 Å². The summed E-state index contributed by atoms with van der Waals surface area (Å²) in [5.41, 5.74) is 2.54. The Balaban J connectivity index is 1.82. The average molecular weight is 305 g/mol. The van der Waals surface area contributed by atoms with Crippen LogP contribution in [0.5, 0.6) is 0 Å². The third kappa shape index (κ3) is 2.54. The highest BCUT2D eigenvalue weighted by molar-refractivity contribution is 9.10. The Morgan fingerprint density at radius 2 is 1.72 bits per heavy atom. The fraction of sp³-hybridized carbons (Fsp3) is 0.375. The molecule has 1 fully saturated rings. The van der Waals surface area contributed by atoms with Gasteiger partial charge in [0.2, 0.25) is 0 Å². The third-order valence-electron chi connectivity index (χ3n) is 3.83. The van der Waals surface area contributed by atoms with Crippen LogP contribution in [-0.2, 0) is 0 Å². The van der Waals surface area contributed by atoms with Gasteiger partial charge in [0.15, 0.2) is 0 Å². The number of halogens is 1. The zero-order chi connectivity index (χ0) is 12.4. The largest absolute Gasteiger partial charge is 0.464 e. The van der Waals surface area contributed by atoms with E-state index in [4.69, 9.17) is 4.42 Å². The first kappa shape index (κ1) is 12.0. The molecule has 18 heavy (non-hydrogen) atoms. The average Bonchev–Trinajstić information content (AvgIpc) is 2.90. The number of rotatable bonds is 2. The van der Waals surface area contributed by atoms with Gasteiger partial charge in [0.1, 0.15) is 5.76 Å². The Kier molecular flexibility index (Phi) is 3.55. The molecule has 2 heteroatoms. The van der Waals surface area contributed by atoms with Crippen molar-refractivity contribution in [3.8, 4) is 11.3 Å². The molecule has 0 atom stereocenters. The molecule has 1 saturated carbocycles. The van der Waals surface area contributed by atoms with Gasteiger partial charge in [-0.25, -0.2) is 0 Å². The molecule has 0 spiro atoms. The normalized spacial score (nSPS) is 16.9. The van der Waals surface area contributed by atoms with Crippen molar-refractivity contribution in [1.29, 1.82) is 0 Å². The molecular formula is C16H17BrO. The molecule has 0 N–H and O–H groups in total. The SMILES string of the molecule is Brc1ccc(-c2cc(C3CCCCC3)co2)cc1. The molecule has 94 valence electrons. The van der Waals surface area contributed by atoms with Crippen LogP contribution in [0, 0.1) is 0 Å². The topological polar surface area (TPSA) is 13.1 Å². The smallest absolute Gasteiger partial charge is 0.134 e. The van der Waals surface area contributed by atoms with Crippen molar-refractivity contribution in [2.24, 2.45) is 0 Å². The van der Waals surface area contributed by atoms with Crippen LogP contribution >= 0.6 is 15.9 Å². The number of furan rings is 1. The summed E-state index contributed by atoms with van der Waals surface area (Å²) < 4.78 is 6.83. The highest BCUT2D eigenvalue weighted by Gasteiger charge is 2.17. The zero-order valence-electron chi connectivity index (χ0n) is 10.4. The molecule has 0 bridgehead atoms. The molecule has 0 unspecified atom stereocenters. The second kappa shape index (κ2) is 5.31. The minimum atomic E-state index is 0.715. The van der Waals surface area contributed by atoms with Gasteiger partial charge in [-0.15, -0.1) is 0 Å². The lowest BCUT2D eigenvalue weighted by Gasteiger charge is -2.19. The molecule has 0 saturated heterocycles. The van der Waals surface area contributed by atoms with Gasteiger partial charge in [0.05, 0.1) is 6.26 Å². The minimum absolute atomic E-state index is 0.715. The molecule has 3 rings (SSSR count). The number of hydrogen-bond donors (Lipinski definition) is 0. The third-order valence-corrected chi connectivity index (χ3v) is 4.35. The van der Waals surface area contributed by atoms with E-state index in [2.05, 4.69) is 46.3 Å². The molecule has 1 aliphatic rings. The van der Waals surface area contributed by atoms with E-state index in [-0.39, 0.29) is 0 Å². The van der Waals surface area contributed by atoms with Crippen molar-refractivity contribution >= 4 is 15.9 Å². The van der Waals surface area contributed by atoms with Gasteiger partial charge >= 0.3 is 0 Å². The van der Waals surface area contributed by atoms with E-state index in [1.54, 1.807) is 0 Å². The Labute approximate surface area is 116 Å². The van der Waals surface area contributed by atoms with E-state index < -0.39 is 0 Å². The number of hydrogen-bond acceptors (Lipinski definition) is 1. The minimum Gasteiger partial charge on any atom is -0.464 e. The van der Waals surface area contributed by atoms with E-state index in [9.17, 15) is 0 Å². The molecule has 0 amide bonds. The van der Waals surface area contributed by atoms with Crippen molar-refractivity contribution < 1.29 is 4.42 Å². The first-order valence-electron chi connectivity index (χ1n) is 6.67. The fourth-order valence-corrected chi connectivity index (χ4v) is 3.03. The zero-order valence-corrected chi connectivity index (χ0v) is 11.9. The van der Waals surface area contributed by atoms with Gasteiger partial charge in [0, 0.05) is 10.0 Å². The van der Waals surface area contributed by atoms with Gasteiger partial charge in [-0.05, 0) is 42.5 Å². The van der Waals surface area contributed by atoms with Crippen LogP contribution in [0.15, 0.2) is 45.5 Å². The molecule has 1 aromatic carbocycles. The molecule has 0 radical (unpaired) electrons. The number of benzene rings is 1. The van der Waals surface area contributed by atoms with Crippen LogP contribution in [0.2, 0.25) is 0 Å². The summed E-state index contributed by atoms with van der Waals surface area (Å²) in [4.78, 5) is 0. The Hall–Kier alpha value is -1.02. The van der Waals surface area contributed by atoms with Crippen molar-refractivity contribution in [3.05, 3.63) is 46.6 Å². The van der Waals surface area contributed by atoms with Gasteiger partial charge in [0.25, 0.3) is 0 Å². The summed E-state index contributed by atoms with van der Waals surface area (Å²) in [6, 6.07) is 10.5. The van der Waals surface area contributed by atoms with Crippen LogP contribution in [0.3, 0.4) is 0 Å². The van der Waals surface area contributed by atoms with Crippen molar-refractivity contribution in [1.82, 2.24) is 0 Å². The van der Waals surface area contributed by atoms with E-state index in [0.717, 1.165) is 15.8 Å². The summed E-state index contributed by atoms with van der Waals surface area (Å²) in [6.45, 7) is 0. The summed E-state index contributed by atoms with van der Waals surface area (Å²) in [5, 5.41) is 0. The quantitative estimate of drug-likeness (QED) is 0.688. The highest BCUT2D eigenvalue weighted by Crippen LogP contribution is 2.35. The van der Waals surface area contributed by atoms with Gasteiger partial charge < -0.3 is 4.42 Å². The molecular weight excluding hydrogens is 288 g/mol. The Morgan fingerprint density at radius 3 is 2.44 bits per heavy atom. The van der Waals surface area contributed by atoms with Crippen LogP contribution in [0.4, 0.5) is 0 Å². The predicted octanol–water partition coefficient (Wildman–Crippen LogP) is 5.76. The maximum absolute atomic E-state index is 5.73. The standard InChI is InChI=1S/C16H17BrO/c17-15-8-6-13(7-9-15)16-10-14(11-18-16)12-4-2-1-3-5-12/h6-12H,1-5H2. The van der Waals surface area contributed by atoms with Crippen molar-refractivity contribution in [3.63, 3.8) is 0 Å². The van der Waals surface area contributed by atoms with E-state index in [0.29, 0.717) is 5.92 Å². The second-order valence-corrected chi connectivity index (χ2v) is 6.00. The lowest BCUT2D eigenvalue weighted by atomic mass is 9.85. The summed E-state index contributed by atoms with van der Waals surface area (Å²) in [7, 11) is 0. The first-order valence-corrected chi connectivity index (χ1v) is 7.46. The van der Waals surface area contributed by atoms with Crippen LogP contribution in [0.1, 0.15) is 43.6 Å². The fourth-order valence-electron chi connectivity index (χ4n) is 2.77. The van der Waals surface area contributed by atoms with Gasteiger partial charge in [-0.2, -0.15) is 0 Å². The predicted molar refractivity (Wildman–Crippen MR) is 77.7 cm³/mol. The molecule has 1 aromatic heterocycles. The first-order chi connectivity index (χ1) is 8.83. The van der Waals surface area contributed by atoms with Crippen molar-refractivity contribution in [2.45, 2.75) is 38.0 Å². The van der Waals surface area contributed by atoms with E-state index in [1.807, 2.05) is 6.26 Å². The van der Waals surface area contributed by atoms with Gasteiger partial charge in [-0.3, -0.25) is 0 Å². The maximum atomic E-state index is 5.73. The summed E-state index contributed by atoms with van der Waals surface area (Å²) in [6.07, 6.45) is 8.72. The van der Waals surface area contributed by atoms with E-state index >= 15 is 0 Å². The summed E-state index contributed by atoms with van der Waals surface area (Å²) in [5.74, 6) is 1.70. The molecule has 1 nitrogen and oxygen atoms in total. The molecule has 0 aliphatic heterocycles.